The van der Waals surface area contributed by atoms with Gasteiger partial charge in [-0.15, -0.1) is 0 Å². The van der Waals surface area contributed by atoms with Crippen molar-refractivity contribution in [2.45, 2.75) is 0 Å². The van der Waals surface area contributed by atoms with Gasteiger partial charge < -0.3 is 14.9 Å². The van der Waals surface area contributed by atoms with E-state index in [1.165, 1.54) is 23.5 Å². The van der Waals surface area contributed by atoms with Crippen molar-refractivity contribution in [3.05, 3.63) is 52.3 Å². The molecule has 0 fully saturated rings. The number of aromatic hydroxyl groups is 2. The van der Waals surface area contributed by atoms with Gasteiger partial charge in [-0.05, 0) is 24.3 Å². The third-order valence-electron chi connectivity index (χ3n) is 4.04. The molecule has 0 radical (unpaired) electrons. The van der Waals surface area contributed by atoms with Crippen LogP contribution in [0.2, 0.25) is 0 Å². The zero-order chi connectivity index (χ0) is 18.4. The van der Waals surface area contributed by atoms with Crippen molar-refractivity contribution in [1.29, 1.82) is 5.26 Å². The first-order valence-corrected chi connectivity index (χ1v) is 8.31. The van der Waals surface area contributed by atoms with Gasteiger partial charge in [0.2, 0.25) is 0 Å². The van der Waals surface area contributed by atoms with Gasteiger partial charge in [0.05, 0.1) is 23.0 Å². The first-order valence-electron chi connectivity index (χ1n) is 7.49. The minimum atomic E-state index is -0.627. The molecule has 0 bridgehead atoms. The van der Waals surface area contributed by atoms with Crippen LogP contribution in [0.4, 0.5) is 0 Å². The van der Waals surface area contributed by atoms with Crippen LogP contribution in [0.25, 0.3) is 26.4 Å². The molecule has 4 rings (SSSR count). The van der Waals surface area contributed by atoms with E-state index in [9.17, 15) is 20.3 Å². The summed E-state index contributed by atoms with van der Waals surface area (Å²) in [7, 11) is 1.55. The Morgan fingerprint density at radius 2 is 1.88 bits per heavy atom. The van der Waals surface area contributed by atoms with Crippen LogP contribution >= 0.6 is 11.3 Å². The number of thiazole rings is 1. The number of methoxy groups -OCH3 is 1. The molecule has 0 aliphatic heterocycles. The Morgan fingerprint density at radius 1 is 1.19 bits per heavy atom. The first kappa shape index (κ1) is 15.9. The van der Waals surface area contributed by atoms with Crippen LogP contribution < -0.4 is 10.3 Å². The second-order valence-electron chi connectivity index (χ2n) is 5.51. The third kappa shape index (κ3) is 2.26. The summed E-state index contributed by atoms with van der Waals surface area (Å²) in [6, 6.07) is 11.7. The van der Waals surface area contributed by atoms with E-state index in [-0.39, 0.29) is 17.1 Å². The van der Waals surface area contributed by atoms with Crippen LogP contribution in [-0.4, -0.2) is 26.7 Å². The quantitative estimate of drug-likeness (QED) is 0.529. The largest absolute Gasteiger partial charge is 0.504 e. The summed E-state index contributed by atoms with van der Waals surface area (Å²) in [6.07, 6.45) is 0. The second-order valence-corrected chi connectivity index (χ2v) is 6.52. The van der Waals surface area contributed by atoms with E-state index < -0.39 is 5.56 Å². The molecule has 0 spiro atoms. The summed E-state index contributed by atoms with van der Waals surface area (Å²) in [5.41, 5.74) is 0.818. The fraction of sp³-hybridized carbons (Fsp3) is 0.0556. The summed E-state index contributed by atoms with van der Waals surface area (Å²) in [5.74, 6) is 0.0799. The lowest BCUT2D eigenvalue weighted by molar-refractivity contribution is 0.405. The summed E-state index contributed by atoms with van der Waals surface area (Å²) in [6.45, 7) is 0. The second kappa shape index (κ2) is 5.75. The lowest BCUT2D eigenvalue weighted by atomic mass is 10.1. The van der Waals surface area contributed by atoms with Crippen molar-refractivity contribution >= 4 is 26.5 Å². The average Bonchev–Trinajstić information content (AvgIpc) is 2.97. The Hall–Kier alpha value is -3.57. The van der Waals surface area contributed by atoms with E-state index in [1.54, 1.807) is 35.8 Å². The van der Waals surface area contributed by atoms with E-state index in [2.05, 4.69) is 4.98 Å². The van der Waals surface area contributed by atoms with Gasteiger partial charge in [0.15, 0.2) is 16.5 Å². The SMILES string of the molecule is COc1ccc(-c2c(C#N)c(=O)nc3sc4cc(O)c(O)cc4n23)cc1. The predicted molar refractivity (Wildman–Crippen MR) is 96.9 cm³/mol. The lowest BCUT2D eigenvalue weighted by Crippen LogP contribution is -2.15. The van der Waals surface area contributed by atoms with E-state index in [0.717, 1.165) is 0 Å². The highest BCUT2D eigenvalue weighted by molar-refractivity contribution is 7.23. The smallest absolute Gasteiger partial charge is 0.292 e. The van der Waals surface area contributed by atoms with E-state index in [1.807, 2.05) is 6.07 Å². The molecule has 0 aliphatic rings. The number of fused-ring (bicyclic) bond motifs is 3. The molecule has 0 unspecified atom stereocenters. The van der Waals surface area contributed by atoms with Crippen molar-refractivity contribution < 1.29 is 14.9 Å². The molecule has 2 N–H and O–H groups in total. The molecule has 0 amide bonds. The Balaban J connectivity index is 2.19. The third-order valence-corrected chi connectivity index (χ3v) is 5.04. The number of phenolic OH excluding ortho intramolecular Hbond substituents is 2. The first-order chi connectivity index (χ1) is 12.5. The number of hydrogen-bond acceptors (Lipinski definition) is 7. The number of nitriles is 1. The zero-order valence-electron chi connectivity index (χ0n) is 13.4. The maximum atomic E-state index is 12.3. The highest BCUT2D eigenvalue weighted by atomic mass is 32.1. The Kier molecular flexibility index (Phi) is 3.52. The van der Waals surface area contributed by atoms with Gasteiger partial charge in [-0.1, -0.05) is 11.3 Å². The Labute approximate surface area is 150 Å². The van der Waals surface area contributed by atoms with Gasteiger partial charge in [0, 0.05) is 17.7 Å². The molecule has 7 nitrogen and oxygen atoms in total. The Bertz CT molecular complexity index is 1270. The highest BCUT2D eigenvalue weighted by Gasteiger charge is 2.19. The zero-order valence-corrected chi connectivity index (χ0v) is 14.2. The van der Waals surface area contributed by atoms with Gasteiger partial charge in [0.1, 0.15) is 17.4 Å². The normalized spacial score (nSPS) is 10.9. The van der Waals surface area contributed by atoms with Crippen molar-refractivity contribution in [2.75, 3.05) is 7.11 Å². The van der Waals surface area contributed by atoms with Crippen molar-refractivity contribution in [3.8, 4) is 34.6 Å². The minimum Gasteiger partial charge on any atom is -0.504 e. The van der Waals surface area contributed by atoms with Gasteiger partial charge in [-0.25, -0.2) is 0 Å². The molecule has 8 heteroatoms. The summed E-state index contributed by atoms with van der Waals surface area (Å²) in [4.78, 5) is 16.7. The van der Waals surface area contributed by atoms with Crippen molar-refractivity contribution in [3.63, 3.8) is 0 Å². The standard InChI is InChI=1S/C18H11N3O4S/c1-25-10-4-2-9(3-5-10)16-11(8-19)17(24)20-18-21(16)12-6-13(22)14(23)7-15(12)26-18/h2-7,22-23H,1H3. The van der Waals surface area contributed by atoms with Crippen molar-refractivity contribution in [2.24, 2.45) is 0 Å². The molecule has 0 atom stereocenters. The minimum absolute atomic E-state index is 0.0973. The molecule has 128 valence electrons. The van der Waals surface area contributed by atoms with E-state index >= 15 is 0 Å². The molecule has 26 heavy (non-hydrogen) atoms. The fourth-order valence-corrected chi connectivity index (χ4v) is 3.85. The van der Waals surface area contributed by atoms with Crippen molar-refractivity contribution in [1.82, 2.24) is 9.38 Å². The van der Waals surface area contributed by atoms with Crippen LogP contribution in [-0.2, 0) is 0 Å². The molecular weight excluding hydrogens is 354 g/mol. The molecule has 2 heterocycles. The van der Waals surface area contributed by atoms with Crippen LogP contribution in [0.15, 0.2) is 41.2 Å². The van der Waals surface area contributed by atoms with E-state index in [0.29, 0.717) is 32.2 Å². The molecule has 0 aliphatic carbocycles. The van der Waals surface area contributed by atoms with Gasteiger partial charge in [-0.2, -0.15) is 10.2 Å². The highest BCUT2D eigenvalue weighted by Crippen LogP contribution is 2.37. The number of aromatic nitrogens is 2. The van der Waals surface area contributed by atoms with Gasteiger partial charge in [0.25, 0.3) is 5.56 Å². The average molecular weight is 365 g/mol. The monoisotopic (exact) mass is 365 g/mol. The molecule has 2 aromatic carbocycles. The number of phenols is 2. The number of hydrogen-bond donors (Lipinski definition) is 2. The summed E-state index contributed by atoms with van der Waals surface area (Å²) < 4.78 is 7.41. The summed E-state index contributed by atoms with van der Waals surface area (Å²) >= 11 is 1.18. The van der Waals surface area contributed by atoms with Gasteiger partial charge >= 0.3 is 0 Å². The Morgan fingerprint density at radius 3 is 2.54 bits per heavy atom. The number of rotatable bonds is 2. The molecular formula is C18H11N3O4S. The topological polar surface area (TPSA) is 108 Å². The van der Waals surface area contributed by atoms with Crippen LogP contribution in [0.3, 0.4) is 0 Å². The molecule has 2 aromatic heterocycles. The maximum absolute atomic E-state index is 12.3. The van der Waals surface area contributed by atoms with Crippen LogP contribution in [0, 0.1) is 11.3 Å². The lowest BCUT2D eigenvalue weighted by Gasteiger charge is -2.09. The van der Waals surface area contributed by atoms with Crippen LogP contribution in [0.5, 0.6) is 17.2 Å². The predicted octanol–water partition coefficient (Wildman–Crippen LogP) is 2.87. The number of ether oxygens (including phenoxy) is 1. The fourth-order valence-electron chi connectivity index (χ4n) is 2.82. The molecule has 0 saturated heterocycles. The number of benzene rings is 2. The maximum Gasteiger partial charge on any atom is 0.292 e. The van der Waals surface area contributed by atoms with Gasteiger partial charge in [-0.3, -0.25) is 9.20 Å². The molecule has 4 aromatic rings. The number of nitrogens with zero attached hydrogens (tertiary/aromatic N) is 3. The van der Waals surface area contributed by atoms with E-state index in [4.69, 9.17) is 4.74 Å². The summed E-state index contributed by atoms with van der Waals surface area (Å²) in [5, 5.41) is 29.1. The molecule has 0 saturated carbocycles. The van der Waals surface area contributed by atoms with Crippen LogP contribution in [0.1, 0.15) is 5.56 Å².